The van der Waals surface area contributed by atoms with Crippen molar-refractivity contribution in [3.05, 3.63) is 66.3 Å². The minimum atomic E-state index is -4.84. The number of sulfonamides is 1. The third-order valence-electron chi connectivity index (χ3n) is 4.57. The summed E-state index contributed by atoms with van der Waals surface area (Å²) in [7, 11) is -3.79. The standard InChI is InChI=1S/C22H18F5N5O2S2/c1-21(2,3)31-36(33,34)19-7-6-17(35-19)16-10-32(11-28-16)20-29-15(9-18(30-20)22(25,26)27)12-4-5-13(23)14(24)8-12/h4-11,31H,1-3H3. The van der Waals surface area contributed by atoms with Crippen molar-refractivity contribution in [2.75, 3.05) is 0 Å². The maximum atomic E-state index is 13.7. The van der Waals surface area contributed by atoms with Gasteiger partial charge in [-0.3, -0.25) is 4.57 Å². The first-order chi connectivity index (χ1) is 16.6. The molecular formula is C22H18F5N5O2S2. The summed E-state index contributed by atoms with van der Waals surface area (Å²) in [5.41, 5.74) is -2.08. The van der Waals surface area contributed by atoms with Crippen LogP contribution in [0.1, 0.15) is 26.5 Å². The molecule has 1 aromatic carbocycles. The van der Waals surface area contributed by atoms with Gasteiger partial charge in [0, 0.05) is 17.3 Å². The summed E-state index contributed by atoms with van der Waals surface area (Å²) in [6.45, 7) is 5.10. The van der Waals surface area contributed by atoms with E-state index < -0.39 is 45.0 Å². The van der Waals surface area contributed by atoms with Gasteiger partial charge in [-0.2, -0.15) is 13.2 Å². The molecule has 0 fully saturated rings. The molecule has 4 aromatic rings. The number of halogens is 5. The van der Waals surface area contributed by atoms with E-state index in [4.69, 9.17) is 0 Å². The number of alkyl halides is 3. The fraction of sp³-hybridized carbons (Fsp3) is 0.227. The summed E-state index contributed by atoms with van der Waals surface area (Å²) in [5.74, 6) is -2.81. The van der Waals surface area contributed by atoms with E-state index in [1.165, 1.54) is 24.7 Å². The first-order valence-corrected chi connectivity index (χ1v) is 12.5. The molecule has 0 amide bonds. The number of rotatable bonds is 5. The van der Waals surface area contributed by atoms with E-state index >= 15 is 0 Å². The Balaban J connectivity index is 1.73. The normalized spacial score (nSPS) is 12.8. The number of hydrogen-bond donors (Lipinski definition) is 1. The van der Waals surface area contributed by atoms with Gasteiger partial charge in [0.25, 0.3) is 10.0 Å². The molecule has 0 radical (unpaired) electrons. The highest BCUT2D eigenvalue weighted by atomic mass is 32.2. The van der Waals surface area contributed by atoms with Gasteiger partial charge in [0.15, 0.2) is 17.3 Å². The maximum absolute atomic E-state index is 13.7. The van der Waals surface area contributed by atoms with Gasteiger partial charge in [-0.1, -0.05) is 0 Å². The van der Waals surface area contributed by atoms with Gasteiger partial charge in [-0.25, -0.2) is 36.9 Å². The van der Waals surface area contributed by atoms with Gasteiger partial charge >= 0.3 is 6.18 Å². The Hall–Kier alpha value is -3.23. The van der Waals surface area contributed by atoms with Crippen LogP contribution in [0.5, 0.6) is 0 Å². The molecule has 7 nitrogen and oxygen atoms in total. The lowest BCUT2D eigenvalue weighted by Crippen LogP contribution is -2.40. The van der Waals surface area contributed by atoms with Crippen LogP contribution in [-0.4, -0.2) is 33.5 Å². The molecule has 36 heavy (non-hydrogen) atoms. The average Bonchev–Trinajstić information content (AvgIpc) is 3.43. The molecule has 0 saturated heterocycles. The molecular weight excluding hydrogens is 525 g/mol. The molecule has 0 bridgehead atoms. The molecule has 0 saturated carbocycles. The van der Waals surface area contributed by atoms with Crippen LogP contribution in [0.25, 0.3) is 27.8 Å². The van der Waals surface area contributed by atoms with Crippen LogP contribution in [0.4, 0.5) is 22.0 Å². The Kier molecular flexibility index (Phi) is 6.47. The van der Waals surface area contributed by atoms with E-state index in [0.29, 0.717) is 10.9 Å². The summed E-state index contributed by atoms with van der Waals surface area (Å²) >= 11 is 0.928. The van der Waals surface area contributed by atoms with Crippen LogP contribution >= 0.6 is 11.3 Å². The van der Waals surface area contributed by atoms with Crippen LogP contribution in [0.15, 0.2) is 53.1 Å². The van der Waals surface area contributed by atoms with Crippen molar-refractivity contribution in [1.29, 1.82) is 0 Å². The third kappa shape index (κ3) is 5.60. The van der Waals surface area contributed by atoms with Gasteiger partial charge in [0.1, 0.15) is 10.5 Å². The molecule has 0 atom stereocenters. The fourth-order valence-electron chi connectivity index (χ4n) is 3.11. The van der Waals surface area contributed by atoms with Crippen LogP contribution < -0.4 is 4.72 Å². The Bertz CT molecular complexity index is 1540. The topological polar surface area (TPSA) is 89.8 Å². The molecule has 190 valence electrons. The van der Waals surface area contributed by atoms with E-state index in [2.05, 4.69) is 19.7 Å². The predicted octanol–water partition coefficient (Wildman–Crippen LogP) is 5.43. The summed E-state index contributed by atoms with van der Waals surface area (Å²) in [6, 6.07) is 6.17. The molecule has 14 heteroatoms. The Labute approximate surface area is 206 Å². The van der Waals surface area contributed by atoms with Crippen LogP contribution in [0, 0.1) is 11.6 Å². The number of aromatic nitrogens is 4. The number of nitrogens with zero attached hydrogens (tertiary/aromatic N) is 4. The number of thiophene rings is 1. The number of hydrogen-bond acceptors (Lipinski definition) is 6. The highest BCUT2D eigenvalue weighted by Gasteiger charge is 2.34. The SMILES string of the molecule is CC(C)(C)NS(=O)(=O)c1ccc(-c2cn(-c3nc(-c4ccc(F)c(F)c4)cc(C(F)(F)F)n3)cn2)s1. The highest BCUT2D eigenvalue weighted by molar-refractivity contribution is 7.91. The zero-order chi connectivity index (χ0) is 26.5. The second kappa shape index (κ2) is 9.01. The largest absolute Gasteiger partial charge is 0.433 e. The Morgan fingerprint density at radius 3 is 2.31 bits per heavy atom. The predicted molar refractivity (Wildman–Crippen MR) is 123 cm³/mol. The van der Waals surface area contributed by atoms with Crippen molar-refractivity contribution in [1.82, 2.24) is 24.2 Å². The molecule has 0 aliphatic heterocycles. The van der Waals surface area contributed by atoms with Crippen LogP contribution in [0.3, 0.4) is 0 Å². The first-order valence-electron chi connectivity index (χ1n) is 10.2. The monoisotopic (exact) mass is 543 g/mol. The second-order valence-electron chi connectivity index (χ2n) is 8.71. The van der Waals surface area contributed by atoms with E-state index in [-0.39, 0.29) is 21.2 Å². The molecule has 4 rings (SSSR count). The molecule has 0 spiro atoms. The molecule has 1 N–H and O–H groups in total. The summed E-state index contributed by atoms with van der Waals surface area (Å²) < 4.78 is 96.4. The van der Waals surface area contributed by atoms with Crippen molar-refractivity contribution in [2.45, 2.75) is 36.7 Å². The summed E-state index contributed by atoms with van der Waals surface area (Å²) in [5, 5.41) is 0. The van der Waals surface area contributed by atoms with Gasteiger partial charge < -0.3 is 0 Å². The van der Waals surface area contributed by atoms with Crippen molar-refractivity contribution >= 4 is 21.4 Å². The van der Waals surface area contributed by atoms with Gasteiger partial charge in [-0.15, -0.1) is 11.3 Å². The lowest BCUT2D eigenvalue weighted by atomic mass is 10.1. The molecule has 0 aliphatic rings. The zero-order valence-electron chi connectivity index (χ0n) is 18.9. The zero-order valence-corrected chi connectivity index (χ0v) is 20.6. The van der Waals surface area contributed by atoms with Crippen molar-refractivity contribution in [2.24, 2.45) is 0 Å². The van der Waals surface area contributed by atoms with Crippen molar-refractivity contribution in [3.8, 4) is 27.8 Å². The van der Waals surface area contributed by atoms with E-state index in [9.17, 15) is 30.4 Å². The minimum Gasteiger partial charge on any atom is -0.274 e. The maximum Gasteiger partial charge on any atom is 0.433 e. The van der Waals surface area contributed by atoms with Gasteiger partial charge in [0.2, 0.25) is 5.95 Å². The number of benzene rings is 1. The van der Waals surface area contributed by atoms with Crippen molar-refractivity contribution < 1.29 is 30.4 Å². The van der Waals surface area contributed by atoms with Crippen molar-refractivity contribution in [3.63, 3.8) is 0 Å². The molecule has 0 unspecified atom stereocenters. The van der Waals surface area contributed by atoms with E-state index in [1.807, 2.05) is 0 Å². The van der Waals surface area contributed by atoms with Gasteiger partial charge in [-0.05, 0) is 57.2 Å². The second-order valence-corrected chi connectivity index (χ2v) is 11.7. The molecule has 3 aromatic heterocycles. The highest BCUT2D eigenvalue weighted by Crippen LogP contribution is 2.33. The number of nitrogens with one attached hydrogen (secondary N) is 1. The quantitative estimate of drug-likeness (QED) is 0.339. The molecule has 0 aliphatic carbocycles. The molecule has 3 heterocycles. The summed E-state index contributed by atoms with van der Waals surface area (Å²) in [6.07, 6.45) is -2.34. The average molecular weight is 544 g/mol. The lowest BCUT2D eigenvalue weighted by molar-refractivity contribution is -0.141. The lowest BCUT2D eigenvalue weighted by Gasteiger charge is -2.19. The smallest absolute Gasteiger partial charge is 0.274 e. The minimum absolute atomic E-state index is 0.0397. The van der Waals surface area contributed by atoms with Gasteiger partial charge in [0.05, 0.1) is 16.3 Å². The van der Waals surface area contributed by atoms with E-state index in [1.54, 1.807) is 20.8 Å². The number of imidazole rings is 1. The third-order valence-corrected chi connectivity index (χ3v) is 7.93. The fourth-order valence-corrected chi connectivity index (χ4v) is 5.80. The first kappa shape index (κ1) is 25.9. The Morgan fingerprint density at radius 2 is 1.67 bits per heavy atom. The van der Waals surface area contributed by atoms with Crippen LogP contribution in [-0.2, 0) is 16.2 Å². The summed E-state index contributed by atoms with van der Waals surface area (Å²) in [4.78, 5) is 12.2. The van der Waals surface area contributed by atoms with Crippen LogP contribution in [0.2, 0.25) is 0 Å². The Morgan fingerprint density at radius 1 is 0.944 bits per heavy atom. The van der Waals surface area contributed by atoms with E-state index in [0.717, 1.165) is 34.1 Å².